The standard InChI is InChI=1S/C21H24N4O4/c1-21(2,3)15-10-14(25-9-8-17(26)24-20(25)29)11-16(18(15)27)23-19(28)12-4-6-13(22)7-5-12/h4-7,10-11,27H,8-9,22H2,1-3H3,(H,23,28)(H,24,26,29). The van der Waals surface area contributed by atoms with Gasteiger partial charge < -0.3 is 16.2 Å². The van der Waals surface area contributed by atoms with Crippen LogP contribution in [0.25, 0.3) is 0 Å². The molecule has 0 radical (unpaired) electrons. The van der Waals surface area contributed by atoms with Crippen LogP contribution in [0.15, 0.2) is 36.4 Å². The minimum Gasteiger partial charge on any atom is -0.505 e. The van der Waals surface area contributed by atoms with Crippen LogP contribution in [0.1, 0.15) is 43.1 Å². The summed E-state index contributed by atoms with van der Waals surface area (Å²) < 4.78 is 0. The van der Waals surface area contributed by atoms with Gasteiger partial charge in [-0.1, -0.05) is 20.8 Å². The topological polar surface area (TPSA) is 125 Å². The Bertz CT molecular complexity index is 977. The van der Waals surface area contributed by atoms with Crippen LogP contribution in [0.5, 0.6) is 5.75 Å². The highest BCUT2D eigenvalue weighted by Gasteiger charge is 2.28. The van der Waals surface area contributed by atoms with Crippen LogP contribution in [0.4, 0.5) is 21.9 Å². The highest BCUT2D eigenvalue weighted by molar-refractivity contribution is 6.08. The van der Waals surface area contributed by atoms with Crippen molar-refractivity contribution in [3.8, 4) is 5.75 Å². The molecule has 29 heavy (non-hydrogen) atoms. The van der Waals surface area contributed by atoms with Gasteiger partial charge in [0.15, 0.2) is 0 Å². The van der Waals surface area contributed by atoms with Crippen LogP contribution in [-0.4, -0.2) is 29.5 Å². The van der Waals surface area contributed by atoms with Crippen molar-refractivity contribution in [2.75, 3.05) is 22.5 Å². The number of phenols is 1. The Kier molecular flexibility index (Phi) is 5.19. The number of carbonyl (C=O) groups excluding carboxylic acids is 3. The number of hydrogen-bond donors (Lipinski definition) is 4. The molecule has 8 heteroatoms. The summed E-state index contributed by atoms with van der Waals surface area (Å²) in [5, 5.41) is 15.8. The number of aromatic hydroxyl groups is 1. The third-order valence-electron chi connectivity index (χ3n) is 4.69. The number of nitrogens with one attached hydrogen (secondary N) is 2. The highest BCUT2D eigenvalue weighted by atomic mass is 16.3. The number of carbonyl (C=O) groups is 3. The zero-order valence-corrected chi connectivity index (χ0v) is 16.6. The van der Waals surface area contributed by atoms with E-state index >= 15 is 0 Å². The van der Waals surface area contributed by atoms with E-state index in [-0.39, 0.29) is 30.3 Å². The van der Waals surface area contributed by atoms with Gasteiger partial charge in [-0.2, -0.15) is 0 Å². The van der Waals surface area contributed by atoms with Gasteiger partial charge in [-0.3, -0.25) is 19.8 Å². The van der Waals surface area contributed by atoms with Gasteiger partial charge in [0.05, 0.1) is 5.69 Å². The molecule has 2 aromatic rings. The second kappa shape index (κ2) is 7.46. The van der Waals surface area contributed by atoms with Crippen LogP contribution < -0.4 is 21.3 Å². The SMILES string of the molecule is CC(C)(C)c1cc(N2CCC(=O)NC2=O)cc(NC(=O)c2ccc(N)cc2)c1O. The molecule has 0 aliphatic carbocycles. The molecular weight excluding hydrogens is 372 g/mol. The first-order chi connectivity index (χ1) is 13.6. The number of rotatable bonds is 3. The average Bonchev–Trinajstić information content (AvgIpc) is 2.63. The molecule has 152 valence electrons. The minimum absolute atomic E-state index is 0.0708. The number of amides is 4. The fraction of sp³-hybridized carbons (Fsp3) is 0.286. The molecule has 0 atom stereocenters. The lowest BCUT2D eigenvalue weighted by Crippen LogP contribution is -2.49. The van der Waals surface area contributed by atoms with Gasteiger partial charge in [0.25, 0.3) is 5.91 Å². The zero-order valence-electron chi connectivity index (χ0n) is 16.6. The second-order valence-corrected chi connectivity index (χ2v) is 7.97. The van der Waals surface area contributed by atoms with E-state index in [0.717, 1.165) is 0 Å². The zero-order chi connectivity index (χ0) is 21.3. The van der Waals surface area contributed by atoms with Crippen molar-refractivity contribution in [1.29, 1.82) is 0 Å². The molecule has 8 nitrogen and oxygen atoms in total. The van der Waals surface area contributed by atoms with Gasteiger partial charge >= 0.3 is 6.03 Å². The summed E-state index contributed by atoms with van der Waals surface area (Å²) in [5.41, 5.74) is 7.33. The van der Waals surface area contributed by atoms with Gasteiger partial charge in [0.1, 0.15) is 5.75 Å². The minimum atomic E-state index is -0.539. The van der Waals surface area contributed by atoms with E-state index in [4.69, 9.17) is 5.73 Å². The van der Waals surface area contributed by atoms with Gasteiger partial charge in [-0.25, -0.2) is 4.79 Å². The molecule has 0 spiro atoms. The fourth-order valence-corrected chi connectivity index (χ4v) is 3.08. The Balaban J connectivity index is 2.01. The summed E-state index contributed by atoms with van der Waals surface area (Å²) in [6, 6.07) is 9.07. The average molecular weight is 396 g/mol. The van der Waals surface area contributed by atoms with Crippen LogP contribution in [0.3, 0.4) is 0 Å². The number of urea groups is 1. The number of anilines is 3. The van der Waals surface area contributed by atoms with E-state index in [2.05, 4.69) is 10.6 Å². The number of nitrogens with zero attached hydrogens (tertiary/aromatic N) is 1. The van der Waals surface area contributed by atoms with Crippen molar-refractivity contribution in [2.45, 2.75) is 32.6 Å². The van der Waals surface area contributed by atoms with Crippen LogP contribution >= 0.6 is 0 Å². The van der Waals surface area contributed by atoms with Gasteiger partial charge in [0, 0.05) is 35.5 Å². The molecule has 3 rings (SSSR count). The lowest BCUT2D eigenvalue weighted by Gasteiger charge is -2.30. The van der Waals surface area contributed by atoms with Crippen molar-refractivity contribution in [3.05, 3.63) is 47.5 Å². The second-order valence-electron chi connectivity index (χ2n) is 7.97. The third-order valence-corrected chi connectivity index (χ3v) is 4.69. The lowest BCUT2D eigenvalue weighted by molar-refractivity contribution is -0.120. The summed E-state index contributed by atoms with van der Waals surface area (Å²) in [6.45, 7) is 5.95. The molecule has 4 amide bonds. The normalized spacial score (nSPS) is 14.5. The predicted octanol–water partition coefficient (Wildman–Crippen LogP) is 2.97. The Hall–Kier alpha value is -3.55. The molecule has 1 saturated heterocycles. The van der Waals surface area contributed by atoms with E-state index in [1.165, 1.54) is 11.0 Å². The third kappa shape index (κ3) is 4.31. The largest absolute Gasteiger partial charge is 0.505 e. The van der Waals surface area contributed by atoms with Crippen LogP contribution in [0.2, 0.25) is 0 Å². The first-order valence-electron chi connectivity index (χ1n) is 9.22. The van der Waals surface area contributed by atoms with Crippen molar-refractivity contribution in [2.24, 2.45) is 0 Å². The first-order valence-corrected chi connectivity index (χ1v) is 9.22. The first kappa shape index (κ1) is 20.2. The van der Waals surface area contributed by atoms with Crippen LogP contribution in [-0.2, 0) is 10.2 Å². The monoisotopic (exact) mass is 396 g/mol. The summed E-state index contributed by atoms with van der Waals surface area (Å²) in [7, 11) is 0. The summed E-state index contributed by atoms with van der Waals surface area (Å²) in [5.74, 6) is -0.827. The Morgan fingerprint density at radius 1 is 1.17 bits per heavy atom. The molecule has 0 unspecified atom stereocenters. The number of imide groups is 1. The molecule has 1 aliphatic heterocycles. The van der Waals surface area contributed by atoms with E-state index in [1.54, 1.807) is 30.3 Å². The van der Waals surface area contributed by atoms with E-state index in [0.29, 0.717) is 22.5 Å². The molecule has 2 aromatic carbocycles. The number of nitrogens with two attached hydrogens (primary N) is 1. The molecule has 1 heterocycles. The van der Waals surface area contributed by atoms with Gasteiger partial charge in [0.2, 0.25) is 5.91 Å². The van der Waals surface area contributed by atoms with Crippen molar-refractivity contribution in [1.82, 2.24) is 5.32 Å². The maximum absolute atomic E-state index is 12.6. The van der Waals surface area contributed by atoms with E-state index < -0.39 is 17.4 Å². The Labute approximate surface area is 168 Å². The van der Waals surface area contributed by atoms with Gasteiger partial charge in [-0.15, -0.1) is 0 Å². The van der Waals surface area contributed by atoms with Crippen molar-refractivity contribution < 1.29 is 19.5 Å². The molecule has 1 aliphatic rings. The van der Waals surface area contributed by atoms with Gasteiger partial charge in [-0.05, 0) is 41.8 Å². The summed E-state index contributed by atoms with van der Waals surface area (Å²) >= 11 is 0. The van der Waals surface area contributed by atoms with Crippen molar-refractivity contribution >= 4 is 34.9 Å². The molecule has 0 aromatic heterocycles. The quantitative estimate of drug-likeness (QED) is 0.469. The fourth-order valence-electron chi connectivity index (χ4n) is 3.08. The van der Waals surface area contributed by atoms with Crippen LogP contribution in [0, 0.1) is 0 Å². The maximum atomic E-state index is 12.6. The molecular formula is C21H24N4O4. The maximum Gasteiger partial charge on any atom is 0.328 e. The number of nitrogen functional groups attached to an aromatic ring is 1. The molecule has 5 N–H and O–H groups in total. The Morgan fingerprint density at radius 2 is 1.83 bits per heavy atom. The summed E-state index contributed by atoms with van der Waals surface area (Å²) in [6.07, 6.45) is 0.171. The van der Waals surface area contributed by atoms with E-state index in [9.17, 15) is 19.5 Å². The smallest absolute Gasteiger partial charge is 0.328 e. The Morgan fingerprint density at radius 3 is 2.41 bits per heavy atom. The number of hydrogen-bond acceptors (Lipinski definition) is 5. The van der Waals surface area contributed by atoms with E-state index in [1.807, 2.05) is 20.8 Å². The lowest BCUT2D eigenvalue weighted by atomic mass is 9.85. The number of benzene rings is 2. The molecule has 0 saturated carbocycles. The summed E-state index contributed by atoms with van der Waals surface area (Å²) in [4.78, 5) is 37.8. The van der Waals surface area contributed by atoms with Crippen molar-refractivity contribution in [3.63, 3.8) is 0 Å². The molecule has 1 fully saturated rings. The molecule has 0 bridgehead atoms. The number of phenolic OH excluding ortho intramolecular Hbond substituents is 1. The highest BCUT2D eigenvalue weighted by Crippen LogP contribution is 2.40. The predicted molar refractivity (Wildman–Crippen MR) is 111 cm³/mol.